The second-order valence-corrected chi connectivity index (χ2v) is 9.42. The van der Waals surface area contributed by atoms with Gasteiger partial charge >= 0.3 is 0 Å². The first kappa shape index (κ1) is 19.6. The number of fused-ring (bicyclic) bond motifs is 3. The molecule has 0 unspecified atom stereocenters. The summed E-state index contributed by atoms with van der Waals surface area (Å²) in [7, 11) is 0. The standard InChI is InChI=1S/C25H20ClN3O2S/c26-18-8-5-11-21-23(18)27-25(32-21)29-14-12-28(13-15-29)24(30)22-16-6-1-3-9-19(16)31-20-10-4-2-7-17(20)22/h1-11,22H,12-15H2. The van der Waals surface area contributed by atoms with E-state index in [0.717, 1.165) is 51.1 Å². The summed E-state index contributed by atoms with van der Waals surface area (Å²) in [5, 5.41) is 1.64. The van der Waals surface area contributed by atoms with Gasteiger partial charge in [-0.15, -0.1) is 0 Å². The normalized spacial score (nSPS) is 15.9. The Labute approximate surface area is 194 Å². The Morgan fingerprint density at radius 3 is 2.22 bits per heavy atom. The molecule has 1 saturated heterocycles. The number of hydrogen-bond acceptors (Lipinski definition) is 5. The number of para-hydroxylation sites is 3. The van der Waals surface area contributed by atoms with Gasteiger partial charge in [-0.3, -0.25) is 4.79 Å². The molecule has 1 fully saturated rings. The van der Waals surface area contributed by atoms with Crippen molar-refractivity contribution in [3.63, 3.8) is 0 Å². The van der Waals surface area contributed by atoms with Crippen LogP contribution in [0.15, 0.2) is 66.7 Å². The first-order valence-corrected chi connectivity index (χ1v) is 11.8. The largest absolute Gasteiger partial charge is 0.457 e. The maximum atomic E-state index is 13.7. The molecule has 160 valence electrons. The number of benzene rings is 3. The highest BCUT2D eigenvalue weighted by Crippen LogP contribution is 2.44. The summed E-state index contributed by atoms with van der Waals surface area (Å²) in [5.74, 6) is 1.30. The van der Waals surface area contributed by atoms with Crippen LogP contribution in [-0.4, -0.2) is 42.0 Å². The molecule has 0 bridgehead atoms. The molecule has 0 saturated carbocycles. The predicted octanol–water partition coefficient (Wildman–Crippen LogP) is 5.54. The molecule has 1 aromatic heterocycles. The number of rotatable bonds is 2. The Bertz CT molecular complexity index is 1280. The molecule has 0 N–H and O–H groups in total. The van der Waals surface area contributed by atoms with Crippen LogP contribution in [0.2, 0.25) is 5.02 Å². The molecule has 0 aliphatic carbocycles. The molecule has 32 heavy (non-hydrogen) atoms. The number of thiazole rings is 1. The second-order valence-electron chi connectivity index (χ2n) is 8.01. The Hall–Kier alpha value is -3.09. The summed E-state index contributed by atoms with van der Waals surface area (Å²) in [6.45, 7) is 2.81. The van der Waals surface area contributed by atoms with Crippen LogP contribution in [0, 0.1) is 0 Å². The third-order valence-electron chi connectivity index (χ3n) is 6.15. The average Bonchev–Trinajstić information content (AvgIpc) is 3.28. The number of amides is 1. The number of hydrogen-bond donors (Lipinski definition) is 0. The zero-order valence-electron chi connectivity index (χ0n) is 17.2. The van der Waals surface area contributed by atoms with Gasteiger partial charge in [0.2, 0.25) is 5.91 Å². The van der Waals surface area contributed by atoms with Gasteiger partial charge in [0.15, 0.2) is 5.13 Å². The minimum absolute atomic E-state index is 0.125. The third-order valence-corrected chi connectivity index (χ3v) is 7.53. The van der Waals surface area contributed by atoms with Crippen LogP contribution in [-0.2, 0) is 4.79 Å². The van der Waals surface area contributed by atoms with Crippen LogP contribution in [0.4, 0.5) is 5.13 Å². The summed E-state index contributed by atoms with van der Waals surface area (Å²) in [6, 6.07) is 21.5. The molecule has 1 amide bonds. The van der Waals surface area contributed by atoms with E-state index in [4.69, 9.17) is 21.3 Å². The first-order valence-electron chi connectivity index (χ1n) is 10.6. The van der Waals surface area contributed by atoms with Gasteiger partial charge < -0.3 is 14.5 Å². The number of carbonyl (C=O) groups is 1. The van der Waals surface area contributed by atoms with E-state index in [1.54, 1.807) is 11.3 Å². The molecule has 4 aromatic rings. The van der Waals surface area contributed by atoms with Gasteiger partial charge in [-0.25, -0.2) is 4.98 Å². The van der Waals surface area contributed by atoms with Crippen LogP contribution >= 0.6 is 22.9 Å². The Kier molecular flexibility index (Phi) is 4.77. The van der Waals surface area contributed by atoms with Crippen molar-refractivity contribution < 1.29 is 9.53 Å². The molecular weight excluding hydrogens is 442 g/mol. The van der Waals surface area contributed by atoms with Crippen molar-refractivity contribution in [1.29, 1.82) is 0 Å². The molecule has 0 atom stereocenters. The molecule has 2 aliphatic rings. The topological polar surface area (TPSA) is 45.7 Å². The van der Waals surface area contributed by atoms with Crippen molar-refractivity contribution in [3.05, 3.63) is 82.9 Å². The van der Waals surface area contributed by atoms with Crippen molar-refractivity contribution in [3.8, 4) is 11.5 Å². The van der Waals surface area contributed by atoms with Gasteiger partial charge in [0.1, 0.15) is 17.0 Å². The molecular formula is C25H20ClN3O2S. The lowest BCUT2D eigenvalue weighted by Gasteiger charge is -2.37. The fourth-order valence-corrected chi connectivity index (χ4v) is 5.83. The number of ether oxygens (including phenoxy) is 1. The summed E-state index contributed by atoms with van der Waals surface area (Å²) < 4.78 is 7.15. The van der Waals surface area contributed by atoms with Crippen LogP contribution in [0.5, 0.6) is 11.5 Å². The van der Waals surface area contributed by atoms with Gasteiger partial charge in [0, 0.05) is 37.3 Å². The van der Waals surface area contributed by atoms with Crippen LogP contribution < -0.4 is 9.64 Å². The minimum atomic E-state index is -0.344. The Morgan fingerprint density at radius 2 is 1.56 bits per heavy atom. The molecule has 3 heterocycles. The molecule has 0 radical (unpaired) electrons. The highest BCUT2D eigenvalue weighted by atomic mass is 35.5. The number of carbonyl (C=O) groups excluding carboxylic acids is 1. The van der Waals surface area contributed by atoms with Crippen molar-refractivity contribution >= 4 is 44.2 Å². The first-order chi connectivity index (χ1) is 15.7. The number of piperazine rings is 1. The van der Waals surface area contributed by atoms with Crippen molar-refractivity contribution in [2.45, 2.75) is 5.92 Å². The van der Waals surface area contributed by atoms with E-state index in [0.29, 0.717) is 18.1 Å². The monoisotopic (exact) mass is 461 g/mol. The van der Waals surface area contributed by atoms with E-state index in [9.17, 15) is 4.79 Å². The zero-order chi connectivity index (χ0) is 21.7. The lowest BCUT2D eigenvalue weighted by Crippen LogP contribution is -2.50. The summed E-state index contributed by atoms with van der Waals surface area (Å²) in [5.41, 5.74) is 2.71. The minimum Gasteiger partial charge on any atom is -0.457 e. The van der Waals surface area contributed by atoms with Crippen molar-refractivity contribution in [2.75, 3.05) is 31.1 Å². The fraction of sp³-hybridized carbons (Fsp3) is 0.200. The number of nitrogens with zero attached hydrogens (tertiary/aromatic N) is 3. The fourth-order valence-electron chi connectivity index (χ4n) is 4.52. The molecule has 7 heteroatoms. The maximum Gasteiger partial charge on any atom is 0.234 e. The third kappa shape index (κ3) is 3.22. The number of aromatic nitrogens is 1. The summed E-state index contributed by atoms with van der Waals surface area (Å²) in [4.78, 5) is 22.7. The molecule has 5 nitrogen and oxygen atoms in total. The smallest absolute Gasteiger partial charge is 0.234 e. The maximum absolute atomic E-state index is 13.7. The lowest BCUT2D eigenvalue weighted by atomic mass is 9.86. The highest BCUT2D eigenvalue weighted by molar-refractivity contribution is 7.22. The van der Waals surface area contributed by atoms with E-state index < -0.39 is 0 Å². The van der Waals surface area contributed by atoms with E-state index in [1.807, 2.05) is 71.6 Å². The van der Waals surface area contributed by atoms with E-state index in [1.165, 1.54) is 0 Å². The van der Waals surface area contributed by atoms with Crippen LogP contribution in [0.3, 0.4) is 0 Å². The molecule has 2 aliphatic heterocycles. The average molecular weight is 462 g/mol. The van der Waals surface area contributed by atoms with Gasteiger partial charge in [-0.05, 0) is 24.3 Å². The number of halogens is 1. The van der Waals surface area contributed by atoms with Gasteiger partial charge in [-0.2, -0.15) is 0 Å². The Balaban J connectivity index is 1.25. The number of anilines is 1. The predicted molar refractivity (Wildman–Crippen MR) is 128 cm³/mol. The summed E-state index contributed by atoms with van der Waals surface area (Å²) in [6.07, 6.45) is 0. The molecule has 6 rings (SSSR count). The molecule has 3 aromatic carbocycles. The van der Waals surface area contributed by atoms with Crippen molar-refractivity contribution in [2.24, 2.45) is 0 Å². The van der Waals surface area contributed by atoms with Gasteiger partial charge in [-0.1, -0.05) is 65.4 Å². The second kappa shape index (κ2) is 7.80. The van der Waals surface area contributed by atoms with Gasteiger partial charge in [0.05, 0.1) is 15.6 Å². The van der Waals surface area contributed by atoms with E-state index >= 15 is 0 Å². The Morgan fingerprint density at radius 1 is 0.906 bits per heavy atom. The van der Waals surface area contributed by atoms with Crippen LogP contribution in [0.25, 0.3) is 10.2 Å². The van der Waals surface area contributed by atoms with Crippen LogP contribution in [0.1, 0.15) is 17.0 Å². The lowest BCUT2D eigenvalue weighted by molar-refractivity contribution is -0.132. The zero-order valence-corrected chi connectivity index (χ0v) is 18.8. The SMILES string of the molecule is O=C(C1c2ccccc2Oc2ccccc21)N1CCN(c2nc3c(Cl)cccc3s2)CC1. The van der Waals surface area contributed by atoms with E-state index in [2.05, 4.69) is 4.90 Å². The summed E-state index contributed by atoms with van der Waals surface area (Å²) >= 11 is 7.95. The van der Waals surface area contributed by atoms with Crippen molar-refractivity contribution in [1.82, 2.24) is 9.88 Å². The molecule has 0 spiro atoms. The highest BCUT2D eigenvalue weighted by Gasteiger charge is 2.36. The van der Waals surface area contributed by atoms with Gasteiger partial charge in [0.25, 0.3) is 0 Å². The van der Waals surface area contributed by atoms with E-state index in [-0.39, 0.29) is 11.8 Å². The quantitative estimate of drug-likeness (QED) is 0.393.